The molecule has 21 heavy (non-hydrogen) atoms. The van der Waals surface area contributed by atoms with E-state index >= 15 is 0 Å². The number of aliphatic hydroxyl groups is 1. The fourth-order valence-corrected chi connectivity index (χ4v) is 5.34. The van der Waals surface area contributed by atoms with Gasteiger partial charge in [0.25, 0.3) is 0 Å². The Hall–Kier alpha value is -0.860. The number of benzene rings is 1. The van der Waals surface area contributed by atoms with Crippen molar-refractivity contribution in [2.75, 3.05) is 13.1 Å². The molecule has 1 aromatic rings. The van der Waals surface area contributed by atoms with E-state index in [4.69, 9.17) is 0 Å². The van der Waals surface area contributed by atoms with Gasteiger partial charge in [0.2, 0.25) is 0 Å². The maximum Gasteiger partial charge on any atom is 0.0805 e. The average Bonchev–Trinajstić information content (AvgIpc) is 3.11. The van der Waals surface area contributed by atoms with Gasteiger partial charge in [-0.1, -0.05) is 36.8 Å². The summed E-state index contributed by atoms with van der Waals surface area (Å²) in [6, 6.07) is 10.7. The van der Waals surface area contributed by atoms with Crippen molar-refractivity contribution in [3.05, 3.63) is 35.9 Å². The molecule has 0 amide bonds. The molecular formula is C19H27NO. The summed E-state index contributed by atoms with van der Waals surface area (Å²) in [5, 5.41) is 11.3. The molecule has 0 aromatic heterocycles. The van der Waals surface area contributed by atoms with Crippen molar-refractivity contribution in [3.63, 3.8) is 0 Å². The highest BCUT2D eigenvalue weighted by atomic mass is 16.3. The van der Waals surface area contributed by atoms with E-state index in [2.05, 4.69) is 35.2 Å². The highest BCUT2D eigenvalue weighted by Crippen LogP contribution is 2.53. The quantitative estimate of drug-likeness (QED) is 0.919. The lowest BCUT2D eigenvalue weighted by molar-refractivity contribution is -0.0919. The Labute approximate surface area is 128 Å². The summed E-state index contributed by atoms with van der Waals surface area (Å²) in [5.41, 5.74) is 0.960. The van der Waals surface area contributed by atoms with Crippen LogP contribution in [0.4, 0.5) is 0 Å². The lowest BCUT2D eigenvalue weighted by Gasteiger charge is -2.45. The monoisotopic (exact) mass is 285 g/mol. The molecule has 1 aliphatic heterocycles. The van der Waals surface area contributed by atoms with Crippen molar-refractivity contribution in [2.45, 2.75) is 50.7 Å². The molecule has 3 fully saturated rings. The van der Waals surface area contributed by atoms with Crippen LogP contribution in [0, 0.1) is 17.8 Å². The van der Waals surface area contributed by atoms with E-state index in [-0.39, 0.29) is 0 Å². The number of hydrogen-bond acceptors (Lipinski definition) is 2. The Kier molecular flexibility index (Phi) is 3.55. The minimum Gasteiger partial charge on any atom is -0.388 e. The number of piperidine rings is 1. The van der Waals surface area contributed by atoms with E-state index in [9.17, 15) is 5.11 Å². The van der Waals surface area contributed by atoms with Crippen molar-refractivity contribution >= 4 is 0 Å². The van der Waals surface area contributed by atoms with Crippen LogP contribution in [0.5, 0.6) is 0 Å². The number of hydrogen-bond donors (Lipinski definition) is 1. The molecule has 2 nitrogen and oxygen atoms in total. The molecule has 4 rings (SSSR count). The number of rotatable bonds is 3. The normalized spacial score (nSPS) is 39.8. The highest BCUT2D eigenvalue weighted by molar-refractivity contribution is 5.15. The molecule has 1 N–H and O–H groups in total. The predicted molar refractivity (Wildman–Crippen MR) is 84.8 cm³/mol. The Morgan fingerprint density at radius 2 is 2.00 bits per heavy atom. The van der Waals surface area contributed by atoms with Crippen LogP contribution in [0.1, 0.15) is 44.1 Å². The molecule has 0 radical (unpaired) electrons. The largest absolute Gasteiger partial charge is 0.388 e. The van der Waals surface area contributed by atoms with Crippen LogP contribution in [-0.2, 0) is 6.54 Å². The van der Waals surface area contributed by atoms with Gasteiger partial charge in [-0.3, -0.25) is 4.90 Å². The molecule has 1 aromatic carbocycles. The molecule has 1 saturated heterocycles. The zero-order valence-electron chi connectivity index (χ0n) is 12.9. The van der Waals surface area contributed by atoms with Gasteiger partial charge in [-0.25, -0.2) is 0 Å². The van der Waals surface area contributed by atoms with Gasteiger partial charge >= 0.3 is 0 Å². The zero-order chi connectivity index (χ0) is 14.3. The standard InChI is InChI=1S/C19H27NO/c21-19(18-12-16-7-8-17(18)11-16)9-4-10-20(14-19)13-15-5-2-1-3-6-15/h1-3,5-6,16-18,21H,4,7-14H2. The van der Waals surface area contributed by atoms with Crippen LogP contribution < -0.4 is 0 Å². The first kappa shape index (κ1) is 13.8. The molecule has 0 spiro atoms. The molecule has 4 unspecified atom stereocenters. The van der Waals surface area contributed by atoms with Crippen LogP contribution >= 0.6 is 0 Å². The fourth-order valence-electron chi connectivity index (χ4n) is 5.34. The Bertz CT molecular complexity index is 488. The van der Waals surface area contributed by atoms with Crippen molar-refractivity contribution in [2.24, 2.45) is 17.8 Å². The summed E-state index contributed by atoms with van der Waals surface area (Å²) in [4.78, 5) is 2.48. The second-order valence-corrected chi connectivity index (χ2v) is 7.68. The molecule has 2 bridgehead atoms. The van der Waals surface area contributed by atoms with Gasteiger partial charge in [0, 0.05) is 13.1 Å². The summed E-state index contributed by atoms with van der Waals surface area (Å²) >= 11 is 0. The fraction of sp³-hybridized carbons (Fsp3) is 0.684. The Morgan fingerprint density at radius 1 is 1.14 bits per heavy atom. The maximum atomic E-state index is 11.3. The average molecular weight is 285 g/mol. The van der Waals surface area contributed by atoms with Crippen molar-refractivity contribution in [3.8, 4) is 0 Å². The van der Waals surface area contributed by atoms with E-state index in [1.807, 2.05) is 0 Å². The smallest absolute Gasteiger partial charge is 0.0805 e. The minimum absolute atomic E-state index is 0.410. The molecule has 3 aliphatic rings. The lowest BCUT2D eigenvalue weighted by Crippen LogP contribution is -2.53. The van der Waals surface area contributed by atoms with E-state index in [0.717, 1.165) is 44.3 Å². The molecule has 114 valence electrons. The van der Waals surface area contributed by atoms with Gasteiger partial charge in [0.15, 0.2) is 0 Å². The van der Waals surface area contributed by atoms with E-state index in [1.165, 1.54) is 31.2 Å². The first-order chi connectivity index (χ1) is 10.2. The Morgan fingerprint density at radius 3 is 2.71 bits per heavy atom. The van der Waals surface area contributed by atoms with Gasteiger partial charge in [-0.05, 0) is 62.0 Å². The minimum atomic E-state index is -0.410. The van der Waals surface area contributed by atoms with E-state index in [0.29, 0.717) is 5.92 Å². The molecule has 2 heteroatoms. The SMILES string of the molecule is OC1(C2CC3CCC2C3)CCCN(Cc2ccccc2)C1. The van der Waals surface area contributed by atoms with E-state index in [1.54, 1.807) is 0 Å². The predicted octanol–water partition coefficient (Wildman–Crippen LogP) is 3.45. The number of nitrogens with zero attached hydrogens (tertiary/aromatic N) is 1. The summed E-state index contributed by atoms with van der Waals surface area (Å²) in [6.07, 6.45) is 7.65. The van der Waals surface area contributed by atoms with E-state index < -0.39 is 5.60 Å². The summed E-state index contributed by atoms with van der Waals surface area (Å²) in [6.45, 7) is 3.01. The second kappa shape index (κ2) is 5.40. The van der Waals surface area contributed by atoms with Gasteiger partial charge < -0.3 is 5.11 Å². The lowest BCUT2D eigenvalue weighted by atomic mass is 9.72. The van der Waals surface area contributed by atoms with Crippen LogP contribution in [0.3, 0.4) is 0 Å². The third kappa shape index (κ3) is 2.64. The molecule has 2 saturated carbocycles. The topological polar surface area (TPSA) is 23.5 Å². The molecule has 2 aliphatic carbocycles. The summed E-state index contributed by atoms with van der Waals surface area (Å²) in [7, 11) is 0. The molecule has 1 heterocycles. The number of β-amino-alcohol motifs (C(OH)–C–C–N with tert-alkyl or cyclic N) is 1. The van der Waals surface area contributed by atoms with Crippen molar-refractivity contribution < 1.29 is 5.11 Å². The third-order valence-electron chi connectivity index (χ3n) is 6.26. The van der Waals surface area contributed by atoms with Gasteiger partial charge in [-0.15, -0.1) is 0 Å². The first-order valence-electron chi connectivity index (χ1n) is 8.72. The number of likely N-dealkylation sites (tertiary alicyclic amines) is 1. The number of fused-ring (bicyclic) bond motifs is 2. The van der Waals surface area contributed by atoms with Crippen LogP contribution in [0.2, 0.25) is 0 Å². The van der Waals surface area contributed by atoms with Crippen LogP contribution in [-0.4, -0.2) is 28.7 Å². The van der Waals surface area contributed by atoms with Gasteiger partial charge in [0.05, 0.1) is 5.60 Å². The summed E-state index contributed by atoms with van der Waals surface area (Å²) < 4.78 is 0. The molecule has 4 atom stereocenters. The van der Waals surface area contributed by atoms with Crippen molar-refractivity contribution in [1.29, 1.82) is 0 Å². The summed E-state index contributed by atoms with van der Waals surface area (Å²) in [5.74, 6) is 2.32. The molecular weight excluding hydrogens is 258 g/mol. The maximum absolute atomic E-state index is 11.3. The first-order valence-corrected chi connectivity index (χ1v) is 8.72. The van der Waals surface area contributed by atoms with Crippen LogP contribution in [0.15, 0.2) is 30.3 Å². The third-order valence-corrected chi connectivity index (χ3v) is 6.26. The van der Waals surface area contributed by atoms with Gasteiger partial charge in [0.1, 0.15) is 0 Å². The highest BCUT2D eigenvalue weighted by Gasteiger charge is 2.50. The van der Waals surface area contributed by atoms with Crippen molar-refractivity contribution in [1.82, 2.24) is 4.90 Å². The zero-order valence-corrected chi connectivity index (χ0v) is 12.9. The van der Waals surface area contributed by atoms with Gasteiger partial charge in [-0.2, -0.15) is 0 Å². The second-order valence-electron chi connectivity index (χ2n) is 7.68. The Balaban J connectivity index is 1.45. The van der Waals surface area contributed by atoms with Crippen LogP contribution in [0.25, 0.3) is 0 Å².